The van der Waals surface area contributed by atoms with Gasteiger partial charge in [-0.3, -0.25) is 4.79 Å². The molecule has 2 amide bonds. The number of carbonyl (C=O) groups excluding carboxylic acids is 2. The molecular formula is C20H30N2O7S. The quantitative estimate of drug-likeness (QED) is 0.257. The largest absolute Gasteiger partial charge is 0.480 e. The predicted molar refractivity (Wildman–Crippen MR) is 113 cm³/mol. The van der Waals surface area contributed by atoms with E-state index >= 15 is 0 Å². The first kappa shape index (κ1) is 25.7. The lowest BCUT2D eigenvalue weighted by Crippen LogP contribution is -2.51. The number of ether oxygens (including phenoxy) is 3. The molecule has 9 nitrogen and oxygen atoms in total. The number of hydrogen-bond acceptors (Lipinski definition) is 7. The molecule has 0 saturated heterocycles. The fourth-order valence-electron chi connectivity index (χ4n) is 2.66. The molecular weight excluding hydrogens is 412 g/mol. The Kier molecular flexibility index (Phi) is 12.6. The van der Waals surface area contributed by atoms with Crippen LogP contribution in [0.25, 0.3) is 0 Å². The maximum Gasteiger partial charge on any atom is 0.408 e. The predicted octanol–water partition coefficient (Wildman–Crippen LogP) is 1.96. The first-order chi connectivity index (χ1) is 14.4. The summed E-state index contributed by atoms with van der Waals surface area (Å²) in [6.07, 6.45) is 0.154. The van der Waals surface area contributed by atoms with Crippen LogP contribution in [0.5, 0.6) is 0 Å². The lowest BCUT2D eigenvalue weighted by atomic mass is 10.1. The number of carboxylic acids is 1. The summed E-state index contributed by atoms with van der Waals surface area (Å²) in [5.41, 5.74) is 0.805. The van der Waals surface area contributed by atoms with Gasteiger partial charge in [-0.05, 0) is 37.0 Å². The highest BCUT2D eigenvalue weighted by atomic mass is 32.1. The van der Waals surface area contributed by atoms with Crippen LogP contribution in [0.4, 0.5) is 4.79 Å². The summed E-state index contributed by atoms with van der Waals surface area (Å²) in [6.45, 7) is 0.0554. The van der Waals surface area contributed by atoms with Crippen LogP contribution in [0.15, 0.2) is 30.3 Å². The van der Waals surface area contributed by atoms with E-state index in [0.29, 0.717) is 18.6 Å². The van der Waals surface area contributed by atoms with E-state index in [1.807, 2.05) is 18.2 Å². The van der Waals surface area contributed by atoms with Crippen LogP contribution in [0, 0.1) is 0 Å². The summed E-state index contributed by atoms with van der Waals surface area (Å²) >= 11 is 4.10. The Morgan fingerprint density at radius 1 is 1.00 bits per heavy atom. The zero-order valence-corrected chi connectivity index (χ0v) is 18.1. The van der Waals surface area contributed by atoms with Gasteiger partial charge in [0, 0.05) is 14.2 Å². The van der Waals surface area contributed by atoms with Gasteiger partial charge in [0.25, 0.3) is 0 Å². The van der Waals surface area contributed by atoms with Crippen molar-refractivity contribution in [3.63, 3.8) is 0 Å². The van der Waals surface area contributed by atoms with Crippen LogP contribution in [0.2, 0.25) is 0 Å². The van der Waals surface area contributed by atoms with Crippen molar-refractivity contribution in [1.82, 2.24) is 10.6 Å². The molecule has 1 aromatic rings. The molecule has 0 aromatic heterocycles. The minimum atomic E-state index is -1.16. The van der Waals surface area contributed by atoms with Gasteiger partial charge in [-0.1, -0.05) is 30.3 Å². The first-order valence-corrected chi connectivity index (χ1v) is 10.2. The molecule has 10 heteroatoms. The van der Waals surface area contributed by atoms with Crippen molar-refractivity contribution in [1.29, 1.82) is 0 Å². The number of carbonyl (C=O) groups is 3. The number of methoxy groups -OCH3 is 2. The normalized spacial score (nSPS) is 12.8. The maximum atomic E-state index is 12.5. The number of alkyl carbamates (subject to hydrolysis) is 1. The Balaban J connectivity index is 2.57. The number of thiol groups is 1. The van der Waals surface area contributed by atoms with Crippen molar-refractivity contribution in [2.75, 3.05) is 20.0 Å². The molecule has 0 saturated carbocycles. The third-order valence-electron chi connectivity index (χ3n) is 4.31. The van der Waals surface area contributed by atoms with Gasteiger partial charge in [-0.25, -0.2) is 9.59 Å². The Morgan fingerprint density at radius 2 is 1.67 bits per heavy atom. The number of nitrogens with one attached hydrogen (secondary N) is 2. The zero-order valence-electron chi connectivity index (χ0n) is 17.2. The average molecular weight is 443 g/mol. The van der Waals surface area contributed by atoms with Gasteiger partial charge in [0.2, 0.25) is 5.91 Å². The summed E-state index contributed by atoms with van der Waals surface area (Å²) in [7, 11) is 2.99. The number of benzene rings is 1. The second-order valence-corrected chi connectivity index (χ2v) is 6.95. The molecule has 168 valence electrons. The standard InChI is InChI=1S/C20H30N2O7S/c1-27-17(28-2)10-6-9-16(19(24)25)21-18(23)15(11-12-30)22-20(26)29-13-14-7-4-3-5-8-14/h3-5,7-8,15-17,30H,6,9-13H2,1-2H3,(H,21,23)(H,22,26)(H,24,25). The molecule has 0 bridgehead atoms. The SMILES string of the molecule is COC(CCCC(NC(=O)C(CCS)NC(=O)OCc1ccccc1)C(=O)O)OC. The number of carboxylic acid groups (broad SMARTS) is 1. The second-order valence-electron chi connectivity index (χ2n) is 6.50. The van der Waals surface area contributed by atoms with Gasteiger partial charge in [-0.15, -0.1) is 0 Å². The van der Waals surface area contributed by atoms with Gasteiger partial charge in [0.1, 0.15) is 18.7 Å². The van der Waals surface area contributed by atoms with Crippen LogP contribution in [-0.2, 0) is 30.4 Å². The second kappa shape index (κ2) is 14.6. The van der Waals surface area contributed by atoms with Crippen LogP contribution in [0.3, 0.4) is 0 Å². The Labute approximate surface area is 181 Å². The van der Waals surface area contributed by atoms with Crippen molar-refractivity contribution >= 4 is 30.6 Å². The zero-order chi connectivity index (χ0) is 22.4. The average Bonchev–Trinajstić information content (AvgIpc) is 2.74. The number of amides is 2. The van der Waals surface area contributed by atoms with Crippen molar-refractivity contribution in [3.8, 4) is 0 Å². The van der Waals surface area contributed by atoms with Crippen molar-refractivity contribution in [2.24, 2.45) is 0 Å². The lowest BCUT2D eigenvalue weighted by Gasteiger charge is -2.21. The fourth-order valence-corrected chi connectivity index (χ4v) is 2.91. The van der Waals surface area contributed by atoms with E-state index in [1.165, 1.54) is 14.2 Å². The highest BCUT2D eigenvalue weighted by Crippen LogP contribution is 2.09. The first-order valence-electron chi connectivity index (χ1n) is 9.58. The highest BCUT2D eigenvalue weighted by Gasteiger charge is 2.26. The molecule has 2 atom stereocenters. The molecule has 0 heterocycles. The van der Waals surface area contributed by atoms with Crippen molar-refractivity contribution in [3.05, 3.63) is 35.9 Å². The lowest BCUT2D eigenvalue weighted by molar-refractivity contribution is -0.142. The molecule has 3 N–H and O–H groups in total. The third-order valence-corrected chi connectivity index (χ3v) is 4.57. The van der Waals surface area contributed by atoms with Crippen molar-refractivity contribution in [2.45, 2.75) is 50.7 Å². The monoisotopic (exact) mass is 442 g/mol. The van der Waals surface area contributed by atoms with Crippen LogP contribution in [0.1, 0.15) is 31.2 Å². The molecule has 2 unspecified atom stereocenters. The van der Waals surface area contributed by atoms with E-state index < -0.39 is 36.3 Å². The summed E-state index contributed by atoms with van der Waals surface area (Å²) in [4.78, 5) is 36.1. The molecule has 30 heavy (non-hydrogen) atoms. The highest BCUT2D eigenvalue weighted by molar-refractivity contribution is 7.80. The number of hydrogen-bond donors (Lipinski definition) is 4. The van der Waals surface area contributed by atoms with Gasteiger partial charge in [0.05, 0.1) is 0 Å². The van der Waals surface area contributed by atoms with Gasteiger partial charge >= 0.3 is 12.1 Å². The Morgan fingerprint density at radius 3 is 2.23 bits per heavy atom. The van der Waals surface area contributed by atoms with Crippen LogP contribution < -0.4 is 10.6 Å². The Hall–Kier alpha value is -2.30. The van der Waals surface area contributed by atoms with Crippen LogP contribution in [-0.4, -0.2) is 61.4 Å². The maximum absolute atomic E-state index is 12.5. The van der Waals surface area contributed by atoms with Gasteiger partial charge in [0.15, 0.2) is 6.29 Å². The summed E-state index contributed by atoms with van der Waals surface area (Å²) in [5, 5.41) is 14.3. The smallest absolute Gasteiger partial charge is 0.408 e. The summed E-state index contributed by atoms with van der Waals surface area (Å²) < 4.78 is 15.3. The molecule has 1 rings (SSSR count). The molecule has 0 spiro atoms. The van der Waals surface area contributed by atoms with E-state index in [4.69, 9.17) is 14.2 Å². The van der Waals surface area contributed by atoms with E-state index in [2.05, 4.69) is 23.3 Å². The van der Waals surface area contributed by atoms with Crippen LogP contribution >= 0.6 is 12.6 Å². The van der Waals surface area contributed by atoms with Gasteiger partial charge in [-0.2, -0.15) is 12.6 Å². The minimum absolute atomic E-state index is 0.0554. The van der Waals surface area contributed by atoms with Gasteiger partial charge < -0.3 is 30.0 Å². The van der Waals surface area contributed by atoms with Crippen molar-refractivity contribution < 1.29 is 33.7 Å². The third kappa shape index (κ3) is 9.95. The summed E-state index contributed by atoms with van der Waals surface area (Å²) in [5.74, 6) is -1.45. The minimum Gasteiger partial charge on any atom is -0.480 e. The topological polar surface area (TPSA) is 123 Å². The Bertz CT molecular complexity index is 656. The molecule has 0 fully saturated rings. The number of aliphatic carboxylic acids is 1. The van der Waals surface area contributed by atoms with E-state index in [-0.39, 0.29) is 19.4 Å². The molecule has 0 radical (unpaired) electrons. The molecule has 1 aromatic carbocycles. The summed E-state index contributed by atoms with van der Waals surface area (Å²) in [6, 6.07) is 7.04. The molecule has 0 aliphatic carbocycles. The van der Waals surface area contributed by atoms with E-state index in [0.717, 1.165) is 5.56 Å². The molecule has 0 aliphatic rings. The van der Waals surface area contributed by atoms with E-state index in [1.54, 1.807) is 12.1 Å². The molecule has 0 aliphatic heterocycles. The number of rotatable bonds is 14. The van der Waals surface area contributed by atoms with E-state index in [9.17, 15) is 19.5 Å². The fraction of sp³-hybridized carbons (Fsp3) is 0.550.